The number of pyridine rings is 1. The molecule has 13 heteroatoms. The van der Waals surface area contributed by atoms with E-state index in [0.717, 1.165) is 16.9 Å². The maximum atomic E-state index is 13.5. The number of anilines is 1. The third-order valence-electron chi connectivity index (χ3n) is 6.53. The number of amides is 1. The largest absolute Gasteiger partial charge is 0.508 e. The number of fused-ring (bicyclic) bond motifs is 1. The number of benzene rings is 2. The third kappa shape index (κ3) is 4.95. The van der Waals surface area contributed by atoms with Crippen molar-refractivity contribution >= 4 is 74.5 Å². The number of aliphatic hydroxyl groups excluding tert-OH is 1. The summed E-state index contributed by atoms with van der Waals surface area (Å²) in [6.07, 6.45) is 1.71. The molecule has 206 valence electrons. The molecule has 0 spiro atoms. The predicted octanol–water partition coefficient (Wildman–Crippen LogP) is 6.43. The van der Waals surface area contributed by atoms with E-state index in [1.54, 1.807) is 53.9 Å². The Hall–Kier alpha value is -3.90. The highest BCUT2D eigenvalue weighted by Crippen LogP contribution is 2.45. The first-order chi connectivity index (χ1) is 19.7. The molecule has 4 heterocycles. The van der Waals surface area contributed by atoms with Gasteiger partial charge in [0.1, 0.15) is 17.1 Å². The molecule has 5 aromatic rings. The van der Waals surface area contributed by atoms with Gasteiger partial charge in [-0.15, -0.1) is 10.2 Å². The molecule has 41 heavy (non-hydrogen) atoms. The molecule has 1 aliphatic rings. The molecule has 1 saturated heterocycles. The van der Waals surface area contributed by atoms with Crippen molar-refractivity contribution in [2.75, 3.05) is 4.90 Å². The van der Waals surface area contributed by atoms with Crippen LogP contribution in [0.15, 0.2) is 76.8 Å². The van der Waals surface area contributed by atoms with Crippen LogP contribution in [-0.2, 0) is 15.3 Å². The quantitative estimate of drug-likeness (QED) is 0.0730. The fourth-order valence-electron chi connectivity index (χ4n) is 4.70. The van der Waals surface area contributed by atoms with Crippen molar-refractivity contribution < 1.29 is 19.8 Å². The second-order valence-electron chi connectivity index (χ2n) is 9.11. The van der Waals surface area contributed by atoms with Crippen LogP contribution in [0.3, 0.4) is 0 Å². The van der Waals surface area contributed by atoms with Crippen molar-refractivity contribution in [3.63, 3.8) is 0 Å². The number of aromatic nitrogens is 4. The Morgan fingerprint density at radius 2 is 1.90 bits per heavy atom. The lowest BCUT2D eigenvalue weighted by atomic mass is 9.96. The average molecular weight is 625 g/mol. The first kappa shape index (κ1) is 27.3. The maximum Gasteiger partial charge on any atom is 0.301 e. The summed E-state index contributed by atoms with van der Waals surface area (Å²) in [4.78, 5) is 32.8. The normalized spacial score (nSPS) is 16.7. The Bertz CT molecular complexity index is 1890. The number of halogens is 2. The fourth-order valence-corrected chi connectivity index (χ4v) is 7.13. The van der Waals surface area contributed by atoms with Gasteiger partial charge in [-0.1, -0.05) is 70.6 Å². The number of carbonyl (C=O) groups is 2. The number of imidazole rings is 1. The highest BCUT2D eigenvalue weighted by molar-refractivity contribution is 8.00. The second kappa shape index (κ2) is 10.8. The molecule has 0 saturated carbocycles. The molecule has 1 aliphatic heterocycles. The third-order valence-corrected chi connectivity index (χ3v) is 9.22. The first-order valence-corrected chi connectivity index (χ1v) is 14.7. The minimum atomic E-state index is -1.08. The SMILES string of the molecule is Cc1nc2ccccn2c1/C(O)=C1\C(=O)C(=O)N(c2nnc(SCc3ccc(Cl)cc3Cl)s2)C1c1cccc(O)c1. The maximum absolute atomic E-state index is 13.5. The number of Topliss-reactive ketones (excluding diaryl/α,β-unsaturated/α-hetero) is 1. The highest BCUT2D eigenvalue weighted by atomic mass is 35.5. The van der Waals surface area contributed by atoms with Crippen LogP contribution in [0, 0.1) is 6.92 Å². The van der Waals surface area contributed by atoms with Crippen molar-refractivity contribution in [1.29, 1.82) is 0 Å². The molecule has 2 N–H and O–H groups in total. The van der Waals surface area contributed by atoms with Crippen LogP contribution in [0.4, 0.5) is 5.13 Å². The average Bonchev–Trinajstić information content (AvgIpc) is 3.61. The Morgan fingerprint density at radius 3 is 2.68 bits per heavy atom. The summed E-state index contributed by atoms with van der Waals surface area (Å²) in [5.74, 6) is -1.73. The van der Waals surface area contributed by atoms with Crippen LogP contribution in [0.2, 0.25) is 10.0 Å². The number of rotatable bonds is 6. The summed E-state index contributed by atoms with van der Waals surface area (Å²) in [6.45, 7) is 1.71. The zero-order chi connectivity index (χ0) is 28.8. The molecular formula is C28H19Cl2N5O4S2. The molecule has 9 nitrogen and oxygen atoms in total. The number of aryl methyl sites for hydroxylation is 1. The van der Waals surface area contributed by atoms with E-state index < -0.39 is 17.7 Å². The smallest absolute Gasteiger partial charge is 0.301 e. The van der Waals surface area contributed by atoms with E-state index in [-0.39, 0.29) is 27.9 Å². The molecule has 1 fully saturated rings. The summed E-state index contributed by atoms with van der Waals surface area (Å²) in [6, 6.07) is 15.7. The molecule has 1 atom stereocenters. The predicted molar refractivity (Wildman–Crippen MR) is 159 cm³/mol. The molecule has 1 unspecified atom stereocenters. The van der Waals surface area contributed by atoms with Gasteiger partial charge in [-0.3, -0.25) is 18.9 Å². The van der Waals surface area contributed by atoms with Gasteiger partial charge in [0.05, 0.1) is 17.3 Å². The molecule has 1 amide bonds. The van der Waals surface area contributed by atoms with Gasteiger partial charge in [-0.2, -0.15) is 0 Å². The number of hydrogen-bond donors (Lipinski definition) is 2. The van der Waals surface area contributed by atoms with E-state index in [1.165, 1.54) is 28.8 Å². The van der Waals surface area contributed by atoms with Crippen LogP contribution >= 0.6 is 46.3 Å². The number of carbonyl (C=O) groups excluding carboxylic acids is 2. The molecule has 0 bridgehead atoms. The van der Waals surface area contributed by atoms with Gasteiger partial charge in [-0.05, 0) is 54.4 Å². The van der Waals surface area contributed by atoms with Crippen molar-refractivity contribution in [1.82, 2.24) is 19.6 Å². The molecule has 0 radical (unpaired) electrons. The summed E-state index contributed by atoms with van der Waals surface area (Å²) in [7, 11) is 0. The monoisotopic (exact) mass is 623 g/mol. The number of ketones is 1. The lowest BCUT2D eigenvalue weighted by Crippen LogP contribution is -2.29. The van der Waals surface area contributed by atoms with Gasteiger partial charge in [0.2, 0.25) is 5.13 Å². The lowest BCUT2D eigenvalue weighted by Gasteiger charge is -2.22. The Balaban J connectivity index is 1.43. The number of nitrogens with zero attached hydrogens (tertiary/aromatic N) is 5. The number of hydrogen-bond acceptors (Lipinski definition) is 9. The van der Waals surface area contributed by atoms with Crippen LogP contribution < -0.4 is 4.90 Å². The van der Waals surface area contributed by atoms with E-state index in [2.05, 4.69) is 15.2 Å². The van der Waals surface area contributed by atoms with E-state index in [0.29, 0.717) is 37.0 Å². The molecule has 2 aromatic carbocycles. The fraction of sp³-hybridized carbons (Fsp3) is 0.107. The van der Waals surface area contributed by atoms with Gasteiger partial charge < -0.3 is 10.2 Å². The first-order valence-electron chi connectivity index (χ1n) is 12.2. The Morgan fingerprint density at radius 1 is 1.07 bits per heavy atom. The van der Waals surface area contributed by atoms with Gasteiger partial charge in [0, 0.05) is 22.0 Å². The van der Waals surface area contributed by atoms with Crippen molar-refractivity contribution in [2.45, 2.75) is 23.1 Å². The lowest BCUT2D eigenvalue weighted by molar-refractivity contribution is -0.132. The molecule has 3 aromatic heterocycles. The van der Waals surface area contributed by atoms with E-state index >= 15 is 0 Å². The molecular weight excluding hydrogens is 605 g/mol. The number of phenols is 1. The standard InChI is InChI=1S/C28H19Cl2N5O4S2/c1-14-22(34-10-3-2-7-20(34)31-14)24(37)21-23(15-5-4-6-18(36)11-15)35(26(39)25(21)38)27-32-33-28(41-27)40-13-16-8-9-17(29)12-19(16)30/h2-12,23,36-37H,13H2,1H3/b24-21+. The zero-order valence-corrected chi connectivity index (χ0v) is 24.3. The van der Waals surface area contributed by atoms with Gasteiger partial charge in [0.15, 0.2) is 10.1 Å². The van der Waals surface area contributed by atoms with Gasteiger partial charge in [-0.25, -0.2) is 4.98 Å². The van der Waals surface area contributed by atoms with E-state index in [9.17, 15) is 19.8 Å². The Labute approximate surface area is 251 Å². The number of phenolic OH excluding ortho intramolecular Hbond substituents is 1. The minimum absolute atomic E-state index is 0.0626. The second-order valence-corrected chi connectivity index (χ2v) is 12.1. The highest BCUT2D eigenvalue weighted by Gasteiger charge is 2.49. The zero-order valence-electron chi connectivity index (χ0n) is 21.2. The van der Waals surface area contributed by atoms with Gasteiger partial charge >= 0.3 is 5.91 Å². The van der Waals surface area contributed by atoms with Crippen molar-refractivity contribution in [3.8, 4) is 5.75 Å². The van der Waals surface area contributed by atoms with Crippen molar-refractivity contribution in [3.05, 3.63) is 105 Å². The summed E-state index contributed by atoms with van der Waals surface area (Å²) < 4.78 is 2.19. The number of aliphatic hydroxyl groups is 1. The molecule has 6 rings (SSSR count). The summed E-state index contributed by atoms with van der Waals surface area (Å²) in [5.41, 5.74) is 2.45. The van der Waals surface area contributed by atoms with Crippen LogP contribution in [0.1, 0.15) is 28.6 Å². The summed E-state index contributed by atoms with van der Waals surface area (Å²) >= 11 is 14.8. The van der Waals surface area contributed by atoms with Crippen LogP contribution in [0.25, 0.3) is 11.4 Å². The number of aromatic hydroxyl groups is 1. The topological polar surface area (TPSA) is 121 Å². The van der Waals surface area contributed by atoms with Crippen molar-refractivity contribution in [2.24, 2.45) is 0 Å². The van der Waals surface area contributed by atoms with E-state index in [4.69, 9.17) is 23.2 Å². The Kier molecular flexibility index (Phi) is 7.20. The van der Waals surface area contributed by atoms with E-state index in [1.807, 2.05) is 12.1 Å². The number of thioether (sulfide) groups is 1. The van der Waals surface area contributed by atoms with Crippen LogP contribution in [0.5, 0.6) is 5.75 Å². The molecule has 0 aliphatic carbocycles. The summed E-state index contributed by atoms with van der Waals surface area (Å²) in [5, 5.41) is 31.5. The van der Waals surface area contributed by atoms with Crippen LogP contribution in [-0.4, -0.2) is 41.5 Å². The van der Waals surface area contributed by atoms with Gasteiger partial charge in [0.25, 0.3) is 5.78 Å². The minimum Gasteiger partial charge on any atom is -0.508 e.